The predicted molar refractivity (Wildman–Crippen MR) is 91.6 cm³/mol. The maximum atomic E-state index is 9.11. The molecule has 0 bridgehead atoms. The fourth-order valence-electron chi connectivity index (χ4n) is 3.32. The lowest BCUT2D eigenvalue weighted by molar-refractivity contribution is 0.165. The van der Waals surface area contributed by atoms with Crippen molar-refractivity contribution in [2.45, 2.75) is 31.9 Å². The molecule has 0 amide bonds. The molecule has 0 radical (unpaired) electrons. The maximum absolute atomic E-state index is 9.11. The molecule has 3 heterocycles. The minimum absolute atomic E-state index is 0.0626. The van der Waals surface area contributed by atoms with Gasteiger partial charge in [0.1, 0.15) is 18.1 Å². The Morgan fingerprint density at radius 2 is 1.96 bits per heavy atom. The number of aliphatic hydroxyl groups is 1. The zero-order valence-corrected chi connectivity index (χ0v) is 14.0. The first kappa shape index (κ1) is 16.1. The summed E-state index contributed by atoms with van der Waals surface area (Å²) in [5, 5.41) is 13.2. The largest absolute Gasteiger partial charge is 0.462 e. The van der Waals surface area contributed by atoms with Gasteiger partial charge in [0.25, 0.3) is 0 Å². The van der Waals surface area contributed by atoms with Gasteiger partial charge >= 0.3 is 0 Å². The first-order valence-electron chi connectivity index (χ1n) is 8.61. The third-order valence-corrected chi connectivity index (χ3v) is 4.58. The highest BCUT2D eigenvalue weighted by Crippen LogP contribution is 2.28. The van der Waals surface area contributed by atoms with Gasteiger partial charge in [0.2, 0.25) is 11.7 Å². The lowest BCUT2D eigenvalue weighted by Gasteiger charge is -2.30. The molecule has 2 aromatic heterocycles. The SMILES string of the molecule is OCc1ccc(CN2CCCC(c3nc(-c4ccccc4)no3)C2)o1. The Labute approximate surface area is 146 Å². The van der Waals surface area contributed by atoms with Crippen molar-refractivity contribution in [1.82, 2.24) is 15.0 Å². The summed E-state index contributed by atoms with van der Waals surface area (Å²) in [5.41, 5.74) is 0.970. The minimum Gasteiger partial charge on any atom is -0.462 e. The highest BCUT2D eigenvalue weighted by molar-refractivity contribution is 5.53. The minimum atomic E-state index is -0.0626. The summed E-state index contributed by atoms with van der Waals surface area (Å²) in [6, 6.07) is 13.6. The molecular weight excluding hydrogens is 318 g/mol. The van der Waals surface area contributed by atoms with Crippen LogP contribution in [-0.4, -0.2) is 33.2 Å². The number of nitrogens with zero attached hydrogens (tertiary/aromatic N) is 3. The standard InChI is InChI=1S/C19H21N3O3/c23-13-17-9-8-16(24-17)12-22-10-4-7-15(11-22)19-20-18(21-25-19)14-5-2-1-3-6-14/h1-3,5-6,8-9,15,23H,4,7,10-13H2. The maximum Gasteiger partial charge on any atom is 0.231 e. The zero-order valence-electron chi connectivity index (χ0n) is 14.0. The third-order valence-electron chi connectivity index (χ3n) is 4.58. The van der Waals surface area contributed by atoms with E-state index in [-0.39, 0.29) is 12.5 Å². The van der Waals surface area contributed by atoms with Gasteiger partial charge in [0.05, 0.1) is 12.5 Å². The third kappa shape index (κ3) is 3.65. The molecule has 25 heavy (non-hydrogen) atoms. The van der Waals surface area contributed by atoms with Crippen molar-refractivity contribution in [2.75, 3.05) is 13.1 Å². The molecule has 130 valence electrons. The van der Waals surface area contributed by atoms with Crippen LogP contribution < -0.4 is 0 Å². The number of aliphatic hydroxyl groups excluding tert-OH is 1. The van der Waals surface area contributed by atoms with Crippen LogP contribution in [0, 0.1) is 0 Å². The van der Waals surface area contributed by atoms with Crippen LogP contribution in [0.4, 0.5) is 0 Å². The van der Waals surface area contributed by atoms with E-state index in [4.69, 9.17) is 14.0 Å². The molecule has 4 rings (SSSR count). The summed E-state index contributed by atoms with van der Waals surface area (Å²) in [6.45, 7) is 2.56. The number of furan rings is 1. The molecule has 0 aliphatic carbocycles. The fraction of sp³-hybridized carbons (Fsp3) is 0.368. The van der Waals surface area contributed by atoms with Crippen LogP contribution in [0.15, 0.2) is 51.4 Å². The van der Waals surface area contributed by atoms with Crippen molar-refractivity contribution in [3.8, 4) is 11.4 Å². The summed E-state index contributed by atoms with van der Waals surface area (Å²) in [4.78, 5) is 6.94. The Morgan fingerprint density at radius 1 is 1.12 bits per heavy atom. The van der Waals surface area contributed by atoms with Crippen LogP contribution >= 0.6 is 0 Å². The van der Waals surface area contributed by atoms with Gasteiger partial charge in [-0.3, -0.25) is 4.90 Å². The van der Waals surface area contributed by atoms with Gasteiger partial charge in [-0.05, 0) is 31.5 Å². The summed E-state index contributed by atoms with van der Waals surface area (Å²) < 4.78 is 11.1. The number of piperidine rings is 1. The van der Waals surface area contributed by atoms with E-state index < -0.39 is 0 Å². The summed E-state index contributed by atoms with van der Waals surface area (Å²) >= 11 is 0. The topological polar surface area (TPSA) is 75.5 Å². The van der Waals surface area contributed by atoms with Gasteiger partial charge in [0.15, 0.2) is 0 Å². The highest BCUT2D eigenvalue weighted by atomic mass is 16.5. The van der Waals surface area contributed by atoms with Crippen molar-refractivity contribution >= 4 is 0 Å². The second-order valence-corrected chi connectivity index (χ2v) is 6.42. The molecule has 1 unspecified atom stereocenters. The van der Waals surface area contributed by atoms with Crippen molar-refractivity contribution in [1.29, 1.82) is 0 Å². The van der Waals surface area contributed by atoms with Crippen molar-refractivity contribution in [3.05, 3.63) is 59.9 Å². The molecule has 1 aliphatic heterocycles. The number of hydrogen-bond donors (Lipinski definition) is 1. The molecule has 6 heteroatoms. The highest BCUT2D eigenvalue weighted by Gasteiger charge is 2.26. The molecule has 0 spiro atoms. The molecule has 3 aromatic rings. The second-order valence-electron chi connectivity index (χ2n) is 6.42. The van der Waals surface area contributed by atoms with Crippen LogP contribution in [0.5, 0.6) is 0 Å². The quantitative estimate of drug-likeness (QED) is 0.769. The van der Waals surface area contributed by atoms with Crippen LogP contribution in [-0.2, 0) is 13.2 Å². The zero-order chi connectivity index (χ0) is 17.1. The van der Waals surface area contributed by atoms with E-state index in [1.807, 2.05) is 42.5 Å². The number of aromatic nitrogens is 2. The van der Waals surface area contributed by atoms with E-state index in [9.17, 15) is 0 Å². The number of hydrogen-bond acceptors (Lipinski definition) is 6. The molecule has 1 saturated heterocycles. The fourth-order valence-corrected chi connectivity index (χ4v) is 3.32. The van der Waals surface area contributed by atoms with E-state index in [0.29, 0.717) is 17.5 Å². The average Bonchev–Trinajstić information content (AvgIpc) is 3.32. The second kappa shape index (κ2) is 7.21. The predicted octanol–water partition coefficient (Wildman–Crippen LogP) is 3.20. The summed E-state index contributed by atoms with van der Waals surface area (Å²) in [6.07, 6.45) is 2.13. The molecule has 1 N–H and O–H groups in total. The van der Waals surface area contributed by atoms with Crippen LogP contribution in [0.3, 0.4) is 0 Å². The van der Waals surface area contributed by atoms with E-state index in [1.165, 1.54) is 0 Å². The lowest BCUT2D eigenvalue weighted by Crippen LogP contribution is -2.33. The van der Waals surface area contributed by atoms with Crippen LogP contribution in [0.1, 0.15) is 36.2 Å². The monoisotopic (exact) mass is 339 g/mol. The Bertz CT molecular complexity index is 812. The molecule has 1 fully saturated rings. The van der Waals surface area contributed by atoms with Crippen LogP contribution in [0.25, 0.3) is 11.4 Å². The van der Waals surface area contributed by atoms with Gasteiger partial charge in [-0.1, -0.05) is 35.5 Å². The lowest BCUT2D eigenvalue weighted by atomic mass is 9.98. The molecular formula is C19H21N3O3. The molecule has 6 nitrogen and oxygen atoms in total. The summed E-state index contributed by atoms with van der Waals surface area (Å²) in [7, 11) is 0. The van der Waals surface area contributed by atoms with Crippen LogP contribution in [0.2, 0.25) is 0 Å². The van der Waals surface area contributed by atoms with Crippen molar-refractivity contribution in [2.24, 2.45) is 0 Å². The number of likely N-dealkylation sites (tertiary alicyclic amines) is 1. The Hall–Kier alpha value is -2.44. The Balaban J connectivity index is 1.43. The van der Waals surface area contributed by atoms with E-state index >= 15 is 0 Å². The summed E-state index contributed by atoms with van der Waals surface area (Å²) in [5.74, 6) is 3.07. The van der Waals surface area contributed by atoms with Gasteiger partial charge in [-0.25, -0.2) is 0 Å². The van der Waals surface area contributed by atoms with Gasteiger partial charge < -0.3 is 14.0 Å². The molecule has 0 saturated carbocycles. The first-order chi connectivity index (χ1) is 12.3. The first-order valence-corrected chi connectivity index (χ1v) is 8.61. The van der Waals surface area contributed by atoms with E-state index in [2.05, 4.69) is 15.0 Å². The number of rotatable bonds is 5. The van der Waals surface area contributed by atoms with Gasteiger partial charge in [0, 0.05) is 12.1 Å². The molecule has 1 atom stereocenters. The Morgan fingerprint density at radius 3 is 2.76 bits per heavy atom. The van der Waals surface area contributed by atoms with Crippen molar-refractivity contribution in [3.63, 3.8) is 0 Å². The smallest absolute Gasteiger partial charge is 0.231 e. The Kier molecular flexibility index (Phi) is 4.63. The van der Waals surface area contributed by atoms with E-state index in [0.717, 1.165) is 43.8 Å². The molecule has 1 aliphatic rings. The molecule has 1 aromatic carbocycles. The number of benzene rings is 1. The van der Waals surface area contributed by atoms with Gasteiger partial charge in [-0.2, -0.15) is 4.98 Å². The van der Waals surface area contributed by atoms with E-state index in [1.54, 1.807) is 0 Å². The van der Waals surface area contributed by atoms with Gasteiger partial charge in [-0.15, -0.1) is 0 Å². The normalized spacial score (nSPS) is 18.5. The average molecular weight is 339 g/mol. The van der Waals surface area contributed by atoms with Crippen molar-refractivity contribution < 1.29 is 14.0 Å².